The summed E-state index contributed by atoms with van der Waals surface area (Å²) in [6, 6.07) is 7.60. The second-order valence-corrected chi connectivity index (χ2v) is 6.23. The highest BCUT2D eigenvalue weighted by molar-refractivity contribution is 5.88. The zero-order valence-electron chi connectivity index (χ0n) is 13.0. The van der Waals surface area contributed by atoms with Crippen molar-refractivity contribution in [3.8, 4) is 11.5 Å². The van der Waals surface area contributed by atoms with Crippen LogP contribution >= 0.6 is 0 Å². The average Bonchev–Trinajstić information content (AvgIpc) is 2.55. The summed E-state index contributed by atoms with van der Waals surface area (Å²) in [7, 11) is 0. The van der Waals surface area contributed by atoms with Gasteiger partial charge < -0.3 is 14.8 Å². The number of fused-ring (bicyclic) bond motifs is 1. The molecule has 1 amide bonds. The molecular weight excluding hydrogens is 278 g/mol. The Kier molecular flexibility index (Phi) is 4.66. The third-order valence-electron chi connectivity index (χ3n) is 4.32. The summed E-state index contributed by atoms with van der Waals surface area (Å²) in [4.78, 5) is 12.0. The first-order valence-electron chi connectivity index (χ1n) is 8.06. The van der Waals surface area contributed by atoms with E-state index in [4.69, 9.17) is 9.47 Å². The molecule has 1 N–H and O–H groups in total. The molecule has 0 aromatic heterocycles. The second-order valence-electron chi connectivity index (χ2n) is 6.23. The van der Waals surface area contributed by atoms with Crippen LogP contribution in [0.4, 0.5) is 0 Å². The number of hydrogen-bond donors (Lipinski definition) is 1. The van der Waals surface area contributed by atoms with Crippen molar-refractivity contribution >= 4 is 5.91 Å². The average molecular weight is 301 g/mol. The normalized spacial score (nSPS) is 23.8. The number of benzene rings is 1. The maximum atomic E-state index is 12.0. The van der Waals surface area contributed by atoms with Crippen LogP contribution in [0.15, 0.2) is 35.9 Å². The van der Waals surface area contributed by atoms with Gasteiger partial charge in [-0.3, -0.25) is 4.79 Å². The smallest absolute Gasteiger partial charge is 0.244 e. The van der Waals surface area contributed by atoms with E-state index in [9.17, 15) is 4.79 Å². The van der Waals surface area contributed by atoms with E-state index in [-0.39, 0.29) is 12.0 Å². The molecule has 1 heterocycles. The minimum atomic E-state index is -0.136. The van der Waals surface area contributed by atoms with Gasteiger partial charge >= 0.3 is 0 Å². The van der Waals surface area contributed by atoms with Gasteiger partial charge in [-0.05, 0) is 43.7 Å². The van der Waals surface area contributed by atoms with Gasteiger partial charge in [-0.2, -0.15) is 0 Å². The first-order valence-corrected chi connectivity index (χ1v) is 8.06. The first kappa shape index (κ1) is 14.9. The van der Waals surface area contributed by atoms with E-state index >= 15 is 0 Å². The predicted molar refractivity (Wildman–Crippen MR) is 85.1 cm³/mol. The molecular formula is C18H23NO3. The van der Waals surface area contributed by atoms with E-state index in [1.54, 1.807) is 6.08 Å². The number of rotatable bonds is 3. The molecule has 1 saturated carbocycles. The minimum Gasteiger partial charge on any atom is -0.486 e. The number of carbonyl (C=O) groups excluding carboxylic acids is 1. The van der Waals surface area contributed by atoms with E-state index in [0.29, 0.717) is 13.2 Å². The molecule has 0 radical (unpaired) electrons. The van der Waals surface area contributed by atoms with Gasteiger partial charge in [-0.1, -0.05) is 24.6 Å². The molecule has 1 unspecified atom stereocenters. The number of carbonyl (C=O) groups is 1. The van der Waals surface area contributed by atoms with Crippen LogP contribution < -0.4 is 14.8 Å². The Morgan fingerprint density at radius 2 is 2.00 bits per heavy atom. The predicted octanol–water partition coefficient (Wildman–Crippen LogP) is 3.08. The van der Waals surface area contributed by atoms with Gasteiger partial charge in [0.15, 0.2) is 11.5 Å². The maximum absolute atomic E-state index is 12.0. The van der Waals surface area contributed by atoms with Gasteiger partial charge in [0.2, 0.25) is 5.91 Å². The first-order chi connectivity index (χ1) is 10.7. The van der Waals surface area contributed by atoms with Gasteiger partial charge in [0, 0.05) is 6.08 Å². The highest BCUT2D eigenvalue weighted by Crippen LogP contribution is 2.30. The topological polar surface area (TPSA) is 47.6 Å². The number of para-hydroxylation sites is 2. The standard InChI is InChI=1S/C18H23NO3/c1-13-6-8-14(9-7-13)10-18(20)19-11-15-12-21-16-4-2-3-5-17(16)22-15/h2-5,10,13,15H,6-9,11-12H2,1H3,(H,19,20). The number of allylic oxidation sites excluding steroid dienone is 1. The Labute approximate surface area is 131 Å². The van der Waals surface area contributed by atoms with Gasteiger partial charge in [0.1, 0.15) is 12.7 Å². The van der Waals surface area contributed by atoms with Crippen LogP contribution in [0.25, 0.3) is 0 Å². The fraction of sp³-hybridized carbons (Fsp3) is 0.500. The quantitative estimate of drug-likeness (QED) is 0.873. The Hall–Kier alpha value is -1.97. The lowest BCUT2D eigenvalue weighted by atomic mass is 9.87. The molecule has 4 nitrogen and oxygen atoms in total. The molecule has 2 aliphatic rings. The van der Waals surface area contributed by atoms with E-state index in [1.165, 1.54) is 18.4 Å². The SMILES string of the molecule is CC1CCC(=CC(=O)NCC2COc3ccccc3O2)CC1. The summed E-state index contributed by atoms with van der Waals surface area (Å²) >= 11 is 0. The van der Waals surface area contributed by atoms with Crippen molar-refractivity contribution in [3.63, 3.8) is 0 Å². The molecule has 3 rings (SSSR count). The van der Waals surface area contributed by atoms with E-state index in [2.05, 4.69) is 12.2 Å². The van der Waals surface area contributed by atoms with E-state index < -0.39 is 0 Å². The zero-order valence-corrected chi connectivity index (χ0v) is 13.0. The van der Waals surface area contributed by atoms with Crippen molar-refractivity contribution in [1.82, 2.24) is 5.32 Å². The summed E-state index contributed by atoms with van der Waals surface area (Å²) < 4.78 is 11.5. The van der Waals surface area contributed by atoms with Crippen molar-refractivity contribution in [2.75, 3.05) is 13.2 Å². The molecule has 22 heavy (non-hydrogen) atoms. The molecule has 4 heteroatoms. The summed E-state index contributed by atoms with van der Waals surface area (Å²) in [6.45, 7) is 3.20. The number of nitrogens with one attached hydrogen (secondary N) is 1. The van der Waals surface area contributed by atoms with E-state index in [0.717, 1.165) is 30.3 Å². The van der Waals surface area contributed by atoms with Gasteiger partial charge in [0.05, 0.1) is 6.54 Å². The van der Waals surface area contributed by atoms with Crippen molar-refractivity contribution in [2.45, 2.75) is 38.7 Å². The monoisotopic (exact) mass is 301 g/mol. The maximum Gasteiger partial charge on any atom is 0.244 e. The molecule has 118 valence electrons. The van der Waals surface area contributed by atoms with Gasteiger partial charge in [-0.25, -0.2) is 0 Å². The Bertz CT molecular complexity index is 557. The second kappa shape index (κ2) is 6.86. The van der Waals surface area contributed by atoms with Crippen molar-refractivity contribution in [1.29, 1.82) is 0 Å². The minimum absolute atomic E-state index is 0.0213. The highest BCUT2D eigenvalue weighted by Gasteiger charge is 2.21. The van der Waals surface area contributed by atoms with Gasteiger partial charge in [-0.15, -0.1) is 0 Å². The Morgan fingerprint density at radius 3 is 2.77 bits per heavy atom. The van der Waals surface area contributed by atoms with Crippen molar-refractivity contribution < 1.29 is 14.3 Å². The van der Waals surface area contributed by atoms with Gasteiger partial charge in [0.25, 0.3) is 0 Å². The third-order valence-corrected chi connectivity index (χ3v) is 4.32. The molecule has 1 atom stereocenters. The Morgan fingerprint density at radius 1 is 1.27 bits per heavy atom. The number of hydrogen-bond acceptors (Lipinski definition) is 3. The van der Waals surface area contributed by atoms with Crippen LogP contribution in [0.3, 0.4) is 0 Å². The molecule has 1 aliphatic heterocycles. The fourth-order valence-corrected chi connectivity index (χ4v) is 2.89. The molecule has 0 bridgehead atoms. The van der Waals surface area contributed by atoms with Crippen molar-refractivity contribution in [3.05, 3.63) is 35.9 Å². The molecule has 0 saturated heterocycles. The lowest BCUT2D eigenvalue weighted by Crippen LogP contribution is -2.40. The molecule has 1 aromatic rings. The third kappa shape index (κ3) is 3.81. The number of ether oxygens (including phenoxy) is 2. The zero-order chi connectivity index (χ0) is 15.4. The van der Waals surface area contributed by atoms with Crippen LogP contribution in [0.1, 0.15) is 32.6 Å². The molecule has 1 aromatic carbocycles. The summed E-state index contributed by atoms with van der Waals surface area (Å²) in [6.07, 6.45) is 6.11. The summed E-state index contributed by atoms with van der Waals surface area (Å²) in [5, 5.41) is 2.92. The highest BCUT2D eigenvalue weighted by atomic mass is 16.6. The Balaban J connectivity index is 1.47. The van der Waals surface area contributed by atoms with Crippen LogP contribution in [0.5, 0.6) is 11.5 Å². The van der Waals surface area contributed by atoms with Crippen LogP contribution in [0, 0.1) is 5.92 Å². The molecule has 0 spiro atoms. The largest absolute Gasteiger partial charge is 0.486 e. The number of amides is 1. The van der Waals surface area contributed by atoms with E-state index in [1.807, 2.05) is 24.3 Å². The lowest BCUT2D eigenvalue weighted by molar-refractivity contribution is -0.117. The van der Waals surface area contributed by atoms with Crippen molar-refractivity contribution in [2.24, 2.45) is 5.92 Å². The molecule has 1 aliphatic carbocycles. The summed E-state index contributed by atoms with van der Waals surface area (Å²) in [5.41, 5.74) is 1.27. The van der Waals surface area contributed by atoms with Crippen LogP contribution in [-0.2, 0) is 4.79 Å². The molecule has 1 fully saturated rings. The van der Waals surface area contributed by atoms with Crippen LogP contribution in [-0.4, -0.2) is 25.2 Å². The fourth-order valence-electron chi connectivity index (χ4n) is 2.89. The van der Waals surface area contributed by atoms with Crippen LogP contribution in [0.2, 0.25) is 0 Å². The lowest BCUT2D eigenvalue weighted by Gasteiger charge is -2.26. The summed E-state index contributed by atoms with van der Waals surface area (Å²) in [5.74, 6) is 2.27.